The summed E-state index contributed by atoms with van der Waals surface area (Å²) in [6, 6.07) is 20.2. The first-order valence-corrected chi connectivity index (χ1v) is 9.23. The van der Waals surface area contributed by atoms with E-state index in [9.17, 15) is 14.9 Å². The summed E-state index contributed by atoms with van der Waals surface area (Å²) in [5.41, 5.74) is 1.28. The number of carbonyl (C=O) groups excluding carboxylic acids is 1. The zero-order valence-electron chi connectivity index (χ0n) is 14.3. The van der Waals surface area contributed by atoms with Crippen molar-refractivity contribution < 1.29 is 4.79 Å². The molecule has 0 atom stereocenters. The first-order chi connectivity index (χ1) is 13.2. The first kappa shape index (κ1) is 18.4. The topological polar surface area (TPSA) is 98.6 Å². The summed E-state index contributed by atoms with van der Waals surface area (Å²) < 4.78 is 0. The summed E-state index contributed by atoms with van der Waals surface area (Å²) >= 11 is 1.26. The molecule has 0 saturated heterocycles. The summed E-state index contributed by atoms with van der Waals surface area (Å²) in [4.78, 5) is 31.2. The molecule has 0 unspecified atom stereocenters. The molecule has 7 heteroatoms. The number of hydrogen-bond acceptors (Lipinski definition) is 5. The van der Waals surface area contributed by atoms with E-state index in [-0.39, 0.29) is 17.9 Å². The van der Waals surface area contributed by atoms with Gasteiger partial charge < -0.3 is 10.3 Å². The number of anilines is 1. The average Bonchev–Trinajstić information content (AvgIpc) is 2.69. The van der Waals surface area contributed by atoms with Crippen LogP contribution in [0.4, 0.5) is 5.69 Å². The summed E-state index contributed by atoms with van der Waals surface area (Å²) in [6.07, 6.45) is 0.268. The van der Waals surface area contributed by atoms with Gasteiger partial charge in [-0.1, -0.05) is 60.3 Å². The summed E-state index contributed by atoms with van der Waals surface area (Å²) in [5.74, 6) is 0.329. The molecule has 0 aliphatic rings. The van der Waals surface area contributed by atoms with Gasteiger partial charge in [0.15, 0.2) is 5.16 Å². The largest absolute Gasteiger partial charge is 0.326 e. The molecule has 1 heterocycles. The van der Waals surface area contributed by atoms with Crippen LogP contribution in [0.2, 0.25) is 0 Å². The van der Waals surface area contributed by atoms with E-state index in [0.717, 1.165) is 5.69 Å². The molecule has 27 heavy (non-hydrogen) atoms. The Labute approximate surface area is 160 Å². The molecule has 3 rings (SSSR count). The second-order valence-corrected chi connectivity index (χ2v) is 6.67. The van der Waals surface area contributed by atoms with Crippen LogP contribution in [0.15, 0.2) is 70.6 Å². The zero-order valence-corrected chi connectivity index (χ0v) is 15.1. The van der Waals surface area contributed by atoms with E-state index in [1.807, 2.05) is 54.6 Å². The van der Waals surface area contributed by atoms with Crippen LogP contribution in [-0.2, 0) is 4.79 Å². The van der Waals surface area contributed by atoms with Crippen LogP contribution in [-0.4, -0.2) is 21.6 Å². The van der Waals surface area contributed by atoms with Crippen molar-refractivity contribution >= 4 is 23.4 Å². The maximum atomic E-state index is 12.2. The fourth-order valence-corrected chi connectivity index (χ4v) is 3.22. The number of benzene rings is 2. The SMILES string of the molecule is N#Cc1c(-c2ccccc2)nc(SCCC(=O)Nc2ccccc2)[nH]c1=O. The lowest BCUT2D eigenvalue weighted by atomic mass is 10.1. The summed E-state index contributed by atoms with van der Waals surface area (Å²) in [5, 5.41) is 12.5. The molecule has 1 amide bonds. The van der Waals surface area contributed by atoms with Crippen molar-refractivity contribution in [3.05, 3.63) is 76.6 Å². The molecule has 0 aliphatic heterocycles. The third kappa shape index (κ3) is 4.84. The minimum absolute atomic E-state index is 0.0210. The molecule has 0 radical (unpaired) electrons. The number of amides is 1. The quantitative estimate of drug-likeness (QED) is 0.507. The predicted octanol–water partition coefficient (Wildman–Crippen LogP) is 3.43. The molecular weight excluding hydrogens is 360 g/mol. The van der Waals surface area contributed by atoms with Gasteiger partial charge in [0.05, 0.1) is 5.69 Å². The molecule has 134 valence electrons. The third-order valence-electron chi connectivity index (χ3n) is 3.68. The minimum Gasteiger partial charge on any atom is -0.326 e. The van der Waals surface area contributed by atoms with Gasteiger partial charge in [0, 0.05) is 23.4 Å². The van der Waals surface area contributed by atoms with Crippen LogP contribution < -0.4 is 10.9 Å². The Bertz CT molecular complexity index is 1030. The Kier molecular flexibility index (Phi) is 6.02. The monoisotopic (exact) mass is 376 g/mol. The van der Waals surface area contributed by atoms with Gasteiger partial charge in [-0.25, -0.2) is 4.98 Å². The van der Waals surface area contributed by atoms with Crippen molar-refractivity contribution in [2.45, 2.75) is 11.6 Å². The lowest BCUT2D eigenvalue weighted by Crippen LogP contribution is -2.15. The second-order valence-electron chi connectivity index (χ2n) is 5.59. The number of thioether (sulfide) groups is 1. The van der Waals surface area contributed by atoms with Crippen LogP contribution >= 0.6 is 11.8 Å². The predicted molar refractivity (Wildman–Crippen MR) is 105 cm³/mol. The van der Waals surface area contributed by atoms with Gasteiger partial charge in [-0.15, -0.1) is 0 Å². The smallest absolute Gasteiger partial charge is 0.270 e. The number of aromatic amines is 1. The molecule has 6 nitrogen and oxygen atoms in total. The molecule has 1 aromatic heterocycles. The standard InChI is InChI=1S/C20H16N4O2S/c21-13-16-18(14-7-3-1-4-8-14)23-20(24-19(16)26)27-12-11-17(25)22-15-9-5-2-6-10-15/h1-10H,11-12H2,(H,22,25)(H,23,24,26). The number of nitrogens with zero attached hydrogens (tertiary/aromatic N) is 2. The Morgan fingerprint density at radius 1 is 1.11 bits per heavy atom. The van der Waals surface area contributed by atoms with E-state index in [1.54, 1.807) is 12.1 Å². The maximum Gasteiger partial charge on any atom is 0.270 e. The van der Waals surface area contributed by atoms with Crippen molar-refractivity contribution in [3.8, 4) is 17.3 Å². The van der Waals surface area contributed by atoms with Crippen molar-refractivity contribution in [1.29, 1.82) is 5.26 Å². The Morgan fingerprint density at radius 3 is 2.44 bits per heavy atom. The molecule has 2 aromatic carbocycles. The normalized spacial score (nSPS) is 10.2. The van der Waals surface area contributed by atoms with E-state index < -0.39 is 5.56 Å². The average molecular weight is 376 g/mol. The fraction of sp³-hybridized carbons (Fsp3) is 0.100. The number of hydrogen-bond donors (Lipinski definition) is 2. The van der Waals surface area contributed by atoms with Gasteiger partial charge in [0.2, 0.25) is 5.91 Å². The molecule has 2 N–H and O–H groups in total. The number of nitriles is 1. The highest BCUT2D eigenvalue weighted by Crippen LogP contribution is 2.22. The zero-order chi connectivity index (χ0) is 19.1. The van der Waals surface area contributed by atoms with E-state index in [4.69, 9.17) is 0 Å². The van der Waals surface area contributed by atoms with Crippen molar-refractivity contribution in [1.82, 2.24) is 9.97 Å². The number of nitrogens with one attached hydrogen (secondary N) is 2. The Hall–Kier alpha value is -3.37. The highest BCUT2D eigenvalue weighted by Gasteiger charge is 2.13. The van der Waals surface area contributed by atoms with Crippen LogP contribution in [0.25, 0.3) is 11.3 Å². The van der Waals surface area contributed by atoms with Gasteiger partial charge in [-0.3, -0.25) is 9.59 Å². The second kappa shape index (κ2) is 8.83. The fourth-order valence-electron chi connectivity index (χ4n) is 2.41. The Morgan fingerprint density at radius 2 is 1.78 bits per heavy atom. The molecule has 3 aromatic rings. The third-order valence-corrected chi connectivity index (χ3v) is 4.56. The van der Waals surface area contributed by atoms with E-state index in [1.165, 1.54) is 11.8 Å². The Balaban J connectivity index is 1.69. The molecule has 0 saturated carbocycles. The van der Waals surface area contributed by atoms with Gasteiger partial charge in [0.25, 0.3) is 5.56 Å². The number of aromatic nitrogens is 2. The molecule has 0 bridgehead atoms. The number of para-hydroxylation sites is 1. The number of H-pyrrole nitrogens is 1. The highest BCUT2D eigenvalue weighted by molar-refractivity contribution is 7.99. The van der Waals surface area contributed by atoms with Gasteiger partial charge in [-0.05, 0) is 12.1 Å². The molecule has 0 fully saturated rings. The first-order valence-electron chi connectivity index (χ1n) is 8.25. The van der Waals surface area contributed by atoms with E-state index in [0.29, 0.717) is 22.2 Å². The van der Waals surface area contributed by atoms with Crippen LogP contribution in [0.1, 0.15) is 12.0 Å². The highest BCUT2D eigenvalue weighted by atomic mass is 32.2. The summed E-state index contributed by atoms with van der Waals surface area (Å²) in [7, 11) is 0. The van der Waals surface area contributed by atoms with Crippen LogP contribution in [0, 0.1) is 11.3 Å². The number of carbonyl (C=O) groups is 1. The maximum absolute atomic E-state index is 12.2. The van der Waals surface area contributed by atoms with Gasteiger partial charge >= 0.3 is 0 Å². The van der Waals surface area contributed by atoms with Gasteiger partial charge in [-0.2, -0.15) is 5.26 Å². The summed E-state index contributed by atoms with van der Waals surface area (Å²) in [6.45, 7) is 0. The van der Waals surface area contributed by atoms with E-state index >= 15 is 0 Å². The van der Waals surface area contributed by atoms with Crippen LogP contribution in [0.5, 0.6) is 0 Å². The van der Waals surface area contributed by atoms with Gasteiger partial charge in [0.1, 0.15) is 11.6 Å². The number of rotatable bonds is 6. The minimum atomic E-state index is -0.484. The van der Waals surface area contributed by atoms with Crippen molar-refractivity contribution in [3.63, 3.8) is 0 Å². The van der Waals surface area contributed by atoms with E-state index in [2.05, 4.69) is 15.3 Å². The molecule has 0 spiro atoms. The van der Waals surface area contributed by atoms with Crippen molar-refractivity contribution in [2.24, 2.45) is 0 Å². The molecular formula is C20H16N4O2S. The molecule has 0 aliphatic carbocycles. The lowest BCUT2D eigenvalue weighted by molar-refractivity contribution is -0.115. The lowest BCUT2D eigenvalue weighted by Gasteiger charge is -2.07. The van der Waals surface area contributed by atoms with Crippen LogP contribution in [0.3, 0.4) is 0 Å². The van der Waals surface area contributed by atoms with Crippen molar-refractivity contribution in [2.75, 3.05) is 11.1 Å².